The summed E-state index contributed by atoms with van der Waals surface area (Å²) in [5, 5.41) is 8.21. The molecule has 1 unspecified atom stereocenters. The second-order valence-electron chi connectivity index (χ2n) is 7.94. The van der Waals surface area contributed by atoms with E-state index in [-0.39, 0.29) is 18.4 Å². The standard InChI is InChI=1S/C24H27F3N6O4S/c1-14(34)30-19-9-7-16(10-21(19)37-4)31-23-29-13-18(24(25,26)27)22(32-23)28-12-15-6-8-17(36-3)11-20(15)33(2)38(5)35/h6-11,13H,12H2,1-5H3,(H,30,34)(H2,28,29,31,32). The first-order valence-corrected chi connectivity index (χ1v) is 12.6. The molecular weight excluding hydrogens is 525 g/mol. The summed E-state index contributed by atoms with van der Waals surface area (Å²) >= 11 is 0. The minimum Gasteiger partial charge on any atom is -0.497 e. The quantitative estimate of drug-likeness (QED) is 0.335. The predicted octanol–water partition coefficient (Wildman–Crippen LogP) is 4.56. The van der Waals surface area contributed by atoms with E-state index in [1.807, 2.05) is 0 Å². The first-order valence-electron chi connectivity index (χ1n) is 11.1. The van der Waals surface area contributed by atoms with E-state index >= 15 is 0 Å². The van der Waals surface area contributed by atoms with Gasteiger partial charge in [-0.2, -0.15) is 18.2 Å². The molecule has 0 saturated heterocycles. The molecule has 0 saturated carbocycles. The Bertz CT molecular complexity index is 1340. The molecule has 3 N–H and O–H groups in total. The Morgan fingerprint density at radius 2 is 1.87 bits per heavy atom. The van der Waals surface area contributed by atoms with E-state index in [1.54, 1.807) is 43.4 Å². The van der Waals surface area contributed by atoms with Crippen LogP contribution in [0.2, 0.25) is 0 Å². The van der Waals surface area contributed by atoms with Gasteiger partial charge in [0, 0.05) is 50.8 Å². The number of amides is 1. The van der Waals surface area contributed by atoms with Crippen LogP contribution in [0, 0.1) is 0 Å². The van der Waals surface area contributed by atoms with Crippen molar-refractivity contribution in [1.82, 2.24) is 9.97 Å². The molecule has 0 bridgehead atoms. The van der Waals surface area contributed by atoms with E-state index in [0.717, 1.165) is 0 Å². The monoisotopic (exact) mass is 552 g/mol. The number of methoxy groups -OCH3 is 2. The number of aromatic nitrogens is 2. The Hall–Kier alpha value is -4.07. The zero-order valence-corrected chi connectivity index (χ0v) is 22.1. The van der Waals surface area contributed by atoms with Gasteiger partial charge in [0.05, 0.1) is 25.6 Å². The third-order valence-corrected chi connectivity index (χ3v) is 6.29. The molecular formula is C24H27F3N6O4S. The van der Waals surface area contributed by atoms with Gasteiger partial charge >= 0.3 is 6.18 Å². The van der Waals surface area contributed by atoms with Gasteiger partial charge in [-0.05, 0) is 23.8 Å². The van der Waals surface area contributed by atoms with Crippen LogP contribution in [0.4, 0.5) is 42.0 Å². The van der Waals surface area contributed by atoms with Crippen LogP contribution in [-0.2, 0) is 28.5 Å². The van der Waals surface area contributed by atoms with Crippen molar-refractivity contribution in [3.63, 3.8) is 0 Å². The molecule has 3 aromatic rings. The molecule has 3 rings (SSSR count). The van der Waals surface area contributed by atoms with Gasteiger partial charge in [-0.1, -0.05) is 6.07 Å². The number of carbonyl (C=O) groups excluding carboxylic acids is 1. The number of carbonyl (C=O) groups is 1. The van der Waals surface area contributed by atoms with Gasteiger partial charge < -0.3 is 25.4 Å². The fourth-order valence-corrected chi connectivity index (χ4v) is 3.85. The first-order chi connectivity index (χ1) is 17.9. The number of rotatable bonds is 10. The first kappa shape index (κ1) is 28.5. The summed E-state index contributed by atoms with van der Waals surface area (Å²) in [6, 6.07) is 9.68. The average Bonchev–Trinajstić information content (AvgIpc) is 2.86. The van der Waals surface area contributed by atoms with Gasteiger partial charge in [0.25, 0.3) is 0 Å². The Kier molecular flexibility index (Phi) is 8.99. The van der Waals surface area contributed by atoms with Crippen LogP contribution in [0.3, 0.4) is 0 Å². The molecule has 0 aliphatic heterocycles. The highest BCUT2D eigenvalue weighted by atomic mass is 32.2. The second-order valence-corrected chi connectivity index (χ2v) is 9.34. The molecule has 0 radical (unpaired) electrons. The maximum Gasteiger partial charge on any atom is 0.421 e. The van der Waals surface area contributed by atoms with Crippen molar-refractivity contribution in [1.29, 1.82) is 0 Å². The fraction of sp³-hybridized carbons (Fsp3) is 0.292. The molecule has 0 fully saturated rings. The maximum absolute atomic E-state index is 13.7. The van der Waals surface area contributed by atoms with Gasteiger partial charge in [-0.3, -0.25) is 9.10 Å². The number of ether oxygens (including phenoxy) is 2. The molecule has 0 aliphatic carbocycles. The number of alkyl halides is 3. The lowest BCUT2D eigenvalue weighted by molar-refractivity contribution is -0.137. The van der Waals surface area contributed by atoms with Crippen LogP contribution in [0.25, 0.3) is 0 Å². The van der Waals surface area contributed by atoms with Crippen molar-refractivity contribution >= 4 is 45.7 Å². The van der Waals surface area contributed by atoms with Crippen molar-refractivity contribution in [2.75, 3.05) is 47.8 Å². The Balaban J connectivity index is 1.92. The minimum atomic E-state index is -4.71. The van der Waals surface area contributed by atoms with Crippen molar-refractivity contribution < 1.29 is 31.6 Å². The molecule has 2 aromatic carbocycles. The van der Waals surface area contributed by atoms with Gasteiger partial charge in [-0.15, -0.1) is 0 Å². The smallest absolute Gasteiger partial charge is 0.421 e. The normalized spacial score (nSPS) is 11.9. The van der Waals surface area contributed by atoms with E-state index in [2.05, 4.69) is 25.9 Å². The second kappa shape index (κ2) is 12.0. The highest BCUT2D eigenvalue weighted by molar-refractivity contribution is 7.85. The van der Waals surface area contributed by atoms with Crippen molar-refractivity contribution in [2.24, 2.45) is 0 Å². The van der Waals surface area contributed by atoms with E-state index in [9.17, 15) is 22.2 Å². The molecule has 1 heterocycles. The van der Waals surface area contributed by atoms with E-state index < -0.39 is 28.5 Å². The average molecular weight is 553 g/mol. The van der Waals surface area contributed by atoms with Crippen molar-refractivity contribution in [3.8, 4) is 11.5 Å². The van der Waals surface area contributed by atoms with Gasteiger partial charge in [0.2, 0.25) is 11.9 Å². The lowest BCUT2D eigenvalue weighted by Crippen LogP contribution is -2.21. The van der Waals surface area contributed by atoms with Crippen LogP contribution < -0.4 is 29.7 Å². The summed E-state index contributed by atoms with van der Waals surface area (Å²) < 4.78 is 65.3. The number of nitrogens with one attached hydrogen (secondary N) is 3. The largest absolute Gasteiger partial charge is 0.497 e. The number of benzene rings is 2. The Morgan fingerprint density at radius 3 is 2.47 bits per heavy atom. The number of anilines is 5. The highest BCUT2D eigenvalue weighted by Crippen LogP contribution is 2.35. The minimum absolute atomic E-state index is 0.0559. The Morgan fingerprint density at radius 1 is 1.13 bits per heavy atom. The molecule has 1 aromatic heterocycles. The summed E-state index contributed by atoms with van der Waals surface area (Å²) in [6.07, 6.45) is -2.55. The van der Waals surface area contributed by atoms with Crippen molar-refractivity contribution in [3.05, 3.63) is 53.7 Å². The summed E-state index contributed by atoms with van der Waals surface area (Å²) in [7, 11) is 3.12. The highest BCUT2D eigenvalue weighted by Gasteiger charge is 2.35. The summed E-state index contributed by atoms with van der Waals surface area (Å²) in [4.78, 5) is 19.2. The summed E-state index contributed by atoms with van der Waals surface area (Å²) in [5.74, 6) is 0.00283. The predicted molar refractivity (Wildman–Crippen MR) is 140 cm³/mol. The number of halogens is 3. The van der Waals surface area contributed by atoms with E-state index in [1.165, 1.54) is 31.7 Å². The SMILES string of the molecule is COc1ccc(CNc2nc(Nc3ccc(NC(C)=O)c(OC)c3)ncc2C(F)(F)F)c(N(C)S(C)=O)c1. The number of nitrogens with zero attached hydrogens (tertiary/aromatic N) is 3. The fourth-order valence-electron chi connectivity index (χ4n) is 3.41. The van der Waals surface area contributed by atoms with Crippen LogP contribution in [0.15, 0.2) is 42.6 Å². The lowest BCUT2D eigenvalue weighted by Gasteiger charge is -2.21. The number of hydrogen-bond acceptors (Lipinski definition) is 8. The van der Waals surface area contributed by atoms with Crippen LogP contribution in [-0.4, -0.2) is 47.6 Å². The zero-order valence-electron chi connectivity index (χ0n) is 21.3. The van der Waals surface area contributed by atoms with E-state index in [4.69, 9.17) is 9.47 Å². The van der Waals surface area contributed by atoms with Gasteiger partial charge in [0.15, 0.2) is 0 Å². The summed E-state index contributed by atoms with van der Waals surface area (Å²) in [6.45, 7) is 1.30. The maximum atomic E-state index is 13.7. The van der Waals surface area contributed by atoms with Gasteiger partial charge in [-0.25, -0.2) is 9.19 Å². The third-order valence-electron chi connectivity index (χ3n) is 5.33. The topological polar surface area (TPSA) is 118 Å². The molecule has 14 heteroatoms. The molecule has 0 aliphatic rings. The van der Waals surface area contributed by atoms with Crippen molar-refractivity contribution in [2.45, 2.75) is 19.6 Å². The lowest BCUT2D eigenvalue weighted by atomic mass is 10.1. The van der Waals surface area contributed by atoms with Crippen LogP contribution in [0.1, 0.15) is 18.1 Å². The molecule has 204 valence electrons. The molecule has 10 nitrogen and oxygen atoms in total. The number of hydrogen-bond donors (Lipinski definition) is 3. The zero-order chi connectivity index (χ0) is 28.0. The molecule has 1 amide bonds. The molecule has 0 spiro atoms. The van der Waals surface area contributed by atoms with E-state index in [0.29, 0.717) is 40.3 Å². The third kappa shape index (κ3) is 7.03. The molecule has 1 atom stereocenters. The van der Waals surface area contributed by atoms with Gasteiger partial charge in [0.1, 0.15) is 33.9 Å². The van der Waals surface area contributed by atoms with Crippen LogP contribution >= 0.6 is 0 Å². The molecule has 38 heavy (non-hydrogen) atoms. The Labute approximate surface area is 220 Å². The van der Waals surface area contributed by atoms with Crippen LogP contribution in [0.5, 0.6) is 11.5 Å². The summed E-state index contributed by atoms with van der Waals surface area (Å²) in [5.41, 5.74) is 0.887.